The van der Waals surface area contributed by atoms with Crippen LogP contribution in [0.5, 0.6) is 0 Å². The molecule has 86 valence electrons. The van der Waals surface area contributed by atoms with Gasteiger partial charge in [0.25, 0.3) is 0 Å². The van der Waals surface area contributed by atoms with Gasteiger partial charge in [-0.1, -0.05) is 21.1 Å². The molecule has 1 aromatic heterocycles. The van der Waals surface area contributed by atoms with E-state index in [0.29, 0.717) is 34.6 Å². The van der Waals surface area contributed by atoms with Crippen LogP contribution in [0, 0.1) is 17.1 Å². The Kier molecular flexibility index (Phi) is 3.49. The molecule has 0 spiro atoms. The van der Waals surface area contributed by atoms with Crippen LogP contribution < -0.4 is 0 Å². The van der Waals surface area contributed by atoms with Crippen molar-refractivity contribution in [1.29, 1.82) is 5.26 Å². The van der Waals surface area contributed by atoms with E-state index in [4.69, 9.17) is 9.78 Å². The molecule has 0 bridgehead atoms. The molecular weight excluding hydrogens is 289 g/mol. The normalized spacial score (nSPS) is 10.2. The monoisotopic (exact) mass is 295 g/mol. The molecule has 0 radical (unpaired) electrons. The van der Waals surface area contributed by atoms with Crippen LogP contribution in [0.25, 0.3) is 11.4 Å². The van der Waals surface area contributed by atoms with E-state index in [1.165, 1.54) is 12.1 Å². The van der Waals surface area contributed by atoms with Gasteiger partial charge in [0.15, 0.2) is 0 Å². The molecular formula is C11H7BrFN3O. The van der Waals surface area contributed by atoms with Crippen molar-refractivity contribution < 1.29 is 8.91 Å². The number of nitriles is 1. The maximum absolute atomic E-state index is 13.1. The van der Waals surface area contributed by atoms with Crippen molar-refractivity contribution in [2.45, 2.75) is 12.8 Å². The third-order valence-corrected chi connectivity index (χ3v) is 2.78. The van der Waals surface area contributed by atoms with Gasteiger partial charge in [0, 0.05) is 22.9 Å². The molecule has 0 saturated heterocycles. The van der Waals surface area contributed by atoms with Crippen molar-refractivity contribution in [2.24, 2.45) is 0 Å². The zero-order chi connectivity index (χ0) is 12.3. The summed E-state index contributed by atoms with van der Waals surface area (Å²) in [5.74, 6) is 0.314. The minimum absolute atomic E-state index is 0.310. The number of benzene rings is 1. The molecule has 1 heterocycles. The van der Waals surface area contributed by atoms with Gasteiger partial charge in [-0.05, 0) is 18.2 Å². The molecule has 0 N–H and O–H groups in total. The number of aromatic nitrogens is 2. The Morgan fingerprint density at radius 2 is 2.29 bits per heavy atom. The fraction of sp³-hybridized carbons (Fsp3) is 0.182. The third kappa shape index (κ3) is 2.68. The number of halogens is 2. The second kappa shape index (κ2) is 5.06. The Balaban J connectivity index is 2.30. The van der Waals surface area contributed by atoms with E-state index in [2.05, 4.69) is 26.1 Å². The highest BCUT2D eigenvalue weighted by Gasteiger charge is 2.12. The van der Waals surface area contributed by atoms with Crippen molar-refractivity contribution in [3.05, 3.63) is 34.4 Å². The summed E-state index contributed by atoms with van der Waals surface area (Å²) in [4.78, 5) is 4.09. The summed E-state index contributed by atoms with van der Waals surface area (Å²) in [7, 11) is 0. The standard InChI is InChI=1S/C11H7BrFN3O/c12-9-4-3-7(13)6-8(9)11-15-10(17-16-11)2-1-5-14/h3-4,6H,1-2H2. The van der Waals surface area contributed by atoms with Crippen molar-refractivity contribution in [3.8, 4) is 17.5 Å². The van der Waals surface area contributed by atoms with Crippen molar-refractivity contribution >= 4 is 15.9 Å². The van der Waals surface area contributed by atoms with Gasteiger partial charge in [0.1, 0.15) is 5.82 Å². The molecule has 2 rings (SSSR count). The molecule has 0 saturated carbocycles. The number of aryl methyl sites for hydroxylation is 1. The first-order valence-electron chi connectivity index (χ1n) is 4.85. The summed E-state index contributed by atoms with van der Waals surface area (Å²) in [6.07, 6.45) is 0.711. The maximum atomic E-state index is 13.1. The van der Waals surface area contributed by atoms with E-state index < -0.39 is 0 Å². The molecule has 0 aliphatic heterocycles. The molecule has 17 heavy (non-hydrogen) atoms. The van der Waals surface area contributed by atoms with Crippen LogP contribution in [0.15, 0.2) is 27.2 Å². The number of rotatable bonds is 3. The summed E-state index contributed by atoms with van der Waals surface area (Å²) >= 11 is 3.29. The first-order chi connectivity index (χ1) is 8.20. The number of hydrogen-bond acceptors (Lipinski definition) is 4. The summed E-state index contributed by atoms with van der Waals surface area (Å²) in [5.41, 5.74) is 0.525. The fourth-order valence-corrected chi connectivity index (χ4v) is 1.72. The van der Waals surface area contributed by atoms with Crippen LogP contribution in [0.1, 0.15) is 12.3 Å². The van der Waals surface area contributed by atoms with Gasteiger partial charge in [0.2, 0.25) is 11.7 Å². The predicted octanol–water partition coefficient (Wildman–Crippen LogP) is 3.09. The van der Waals surface area contributed by atoms with E-state index in [1.54, 1.807) is 6.07 Å². The van der Waals surface area contributed by atoms with Gasteiger partial charge in [-0.15, -0.1) is 0 Å². The summed E-state index contributed by atoms with van der Waals surface area (Å²) < 4.78 is 18.7. The summed E-state index contributed by atoms with van der Waals surface area (Å²) in [6.45, 7) is 0. The average molecular weight is 296 g/mol. The number of hydrogen-bond donors (Lipinski definition) is 0. The highest BCUT2D eigenvalue weighted by atomic mass is 79.9. The SMILES string of the molecule is N#CCCc1nc(-c2cc(F)ccc2Br)no1. The van der Waals surface area contributed by atoms with Crippen molar-refractivity contribution in [3.63, 3.8) is 0 Å². The van der Waals surface area contributed by atoms with Crippen LogP contribution in [-0.2, 0) is 6.42 Å². The highest BCUT2D eigenvalue weighted by molar-refractivity contribution is 9.10. The van der Waals surface area contributed by atoms with Crippen LogP contribution in [-0.4, -0.2) is 10.1 Å². The largest absolute Gasteiger partial charge is 0.339 e. The topological polar surface area (TPSA) is 62.7 Å². The van der Waals surface area contributed by atoms with E-state index in [0.717, 1.165) is 0 Å². The molecule has 1 aromatic carbocycles. The van der Waals surface area contributed by atoms with Crippen molar-refractivity contribution in [1.82, 2.24) is 10.1 Å². The second-order valence-corrected chi connectivity index (χ2v) is 4.15. The lowest BCUT2D eigenvalue weighted by molar-refractivity contribution is 0.380. The molecule has 6 heteroatoms. The van der Waals surface area contributed by atoms with Gasteiger partial charge >= 0.3 is 0 Å². The van der Waals surface area contributed by atoms with Crippen LogP contribution in [0.4, 0.5) is 4.39 Å². The predicted molar refractivity (Wildman–Crippen MR) is 61.3 cm³/mol. The fourth-order valence-electron chi connectivity index (χ4n) is 1.30. The summed E-state index contributed by atoms with van der Waals surface area (Å²) in [6, 6.07) is 6.23. The molecule has 0 unspecified atom stereocenters. The molecule has 0 aliphatic carbocycles. The van der Waals surface area contributed by atoms with E-state index in [-0.39, 0.29) is 5.82 Å². The Hall–Kier alpha value is -1.74. The van der Waals surface area contributed by atoms with Crippen LogP contribution in [0.2, 0.25) is 0 Å². The molecule has 4 nitrogen and oxygen atoms in total. The zero-order valence-corrected chi connectivity index (χ0v) is 10.2. The lowest BCUT2D eigenvalue weighted by atomic mass is 10.2. The van der Waals surface area contributed by atoms with Crippen LogP contribution >= 0.6 is 15.9 Å². The van der Waals surface area contributed by atoms with E-state index in [9.17, 15) is 4.39 Å². The Labute approximate surface area is 105 Å². The molecule has 0 aliphatic rings. The quantitative estimate of drug-likeness (QED) is 0.873. The van der Waals surface area contributed by atoms with E-state index >= 15 is 0 Å². The summed E-state index contributed by atoms with van der Waals surface area (Å²) in [5, 5.41) is 12.2. The van der Waals surface area contributed by atoms with E-state index in [1.807, 2.05) is 6.07 Å². The molecule has 2 aromatic rings. The van der Waals surface area contributed by atoms with Gasteiger partial charge in [-0.2, -0.15) is 10.2 Å². The maximum Gasteiger partial charge on any atom is 0.227 e. The molecule has 0 atom stereocenters. The van der Waals surface area contributed by atoms with Gasteiger partial charge in [-0.25, -0.2) is 4.39 Å². The first kappa shape index (κ1) is 11.7. The van der Waals surface area contributed by atoms with Gasteiger partial charge in [-0.3, -0.25) is 0 Å². The third-order valence-electron chi connectivity index (χ3n) is 2.09. The Morgan fingerprint density at radius 1 is 1.47 bits per heavy atom. The molecule has 0 fully saturated rings. The Bertz CT molecular complexity index is 576. The average Bonchev–Trinajstić information content (AvgIpc) is 2.78. The highest BCUT2D eigenvalue weighted by Crippen LogP contribution is 2.26. The lowest BCUT2D eigenvalue weighted by Crippen LogP contribution is -1.86. The van der Waals surface area contributed by atoms with Crippen molar-refractivity contribution in [2.75, 3.05) is 0 Å². The van der Waals surface area contributed by atoms with Gasteiger partial charge < -0.3 is 4.52 Å². The lowest BCUT2D eigenvalue weighted by Gasteiger charge is -1.98. The minimum Gasteiger partial charge on any atom is -0.339 e. The smallest absolute Gasteiger partial charge is 0.227 e. The minimum atomic E-state index is -0.369. The second-order valence-electron chi connectivity index (χ2n) is 3.29. The van der Waals surface area contributed by atoms with Crippen LogP contribution in [0.3, 0.4) is 0 Å². The van der Waals surface area contributed by atoms with Gasteiger partial charge in [0.05, 0.1) is 6.07 Å². The first-order valence-corrected chi connectivity index (χ1v) is 5.65. The number of nitrogens with zero attached hydrogens (tertiary/aromatic N) is 3. The molecule has 0 amide bonds. The zero-order valence-electron chi connectivity index (χ0n) is 8.65. The Morgan fingerprint density at radius 3 is 3.06 bits per heavy atom.